The maximum atomic E-state index is 5.83. The number of nitrogen functional groups attached to an aromatic ring is 1. The van der Waals surface area contributed by atoms with Crippen LogP contribution in [-0.2, 0) is 13.0 Å². The molecule has 0 amide bonds. The van der Waals surface area contributed by atoms with Gasteiger partial charge in [-0.1, -0.05) is 11.2 Å². The van der Waals surface area contributed by atoms with Crippen molar-refractivity contribution in [3.8, 4) is 11.5 Å². The smallest absolute Gasteiger partial charge is 0.249 e. The predicted molar refractivity (Wildman–Crippen MR) is 91.4 cm³/mol. The van der Waals surface area contributed by atoms with Gasteiger partial charge in [0.15, 0.2) is 0 Å². The van der Waals surface area contributed by atoms with E-state index in [9.17, 15) is 0 Å². The Labute approximate surface area is 144 Å². The van der Waals surface area contributed by atoms with E-state index in [1.165, 1.54) is 0 Å². The number of hydrogen-bond donors (Lipinski definition) is 3. The first-order chi connectivity index (χ1) is 12.2. The molecule has 1 aliphatic heterocycles. The molecule has 0 saturated carbocycles. The highest BCUT2D eigenvalue weighted by Crippen LogP contribution is 2.25. The highest BCUT2D eigenvalue weighted by atomic mass is 16.5. The molecule has 3 aromatic rings. The first kappa shape index (κ1) is 15.5. The second-order valence-electron chi connectivity index (χ2n) is 5.82. The Morgan fingerprint density at radius 2 is 2.20 bits per heavy atom. The molecule has 0 radical (unpaired) electrons. The van der Waals surface area contributed by atoms with Crippen molar-refractivity contribution >= 4 is 11.8 Å². The van der Waals surface area contributed by atoms with Gasteiger partial charge in [0.05, 0.1) is 5.69 Å². The fourth-order valence-corrected chi connectivity index (χ4v) is 2.77. The Hall–Kier alpha value is -3.07. The van der Waals surface area contributed by atoms with Gasteiger partial charge in [-0.3, -0.25) is 4.98 Å². The third-order valence-electron chi connectivity index (χ3n) is 4.01. The fraction of sp³-hybridized carbons (Fsp3) is 0.312. The summed E-state index contributed by atoms with van der Waals surface area (Å²) in [5.41, 5.74) is 8.49. The summed E-state index contributed by atoms with van der Waals surface area (Å²) in [7, 11) is 0. The minimum atomic E-state index is -0.224. The molecule has 0 fully saturated rings. The first-order valence-electron chi connectivity index (χ1n) is 8.08. The van der Waals surface area contributed by atoms with Crippen LogP contribution in [0, 0.1) is 0 Å². The number of nitrogens with two attached hydrogens (primary N) is 1. The van der Waals surface area contributed by atoms with Crippen molar-refractivity contribution in [1.29, 1.82) is 0 Å². The maximum Gasteiger partial charge on any atom is 0.249 e. The fourth-order valence-electron chi connectivity index (χ4n) is 2.77. The third-order valence-corrected chi connectivity index (χ3v) is 4.01. The Kier molecular flexibility index (Phi) is 3.98. The van der Waals surface area contributed by atoms with Crippen LogP contribution in [0.4, 0.5) is 11.8 Å². The summed E-state index contributed by atoms with van der Waals surface area (Å²) in [6.45, 7) is 3.50. The first-order valence-corrected chi connectivity index (χ1v) is 8.08. The molecule has 1 aliphatic rings. The van der Waals surface area contributed by atoms with Gasteiger partial charge in [0.1, 0.15) is 17.6 Å². The molecule has 9 heteroatoms. The third kappa shape index (κ3) is 3.13. The number of nitrogens with one attached hydrogen (secondary N) is 2. The molecule has 1 atom stereocenters. The van der Waals surface area contributed by atoms with Gasteiger partial charge in [-0.2, -0.15) is 9.97 Å². The van der Waals surface area contributed by atoms with Crippen LogP contribution in [0.5, 0.6) is 0 Å². The molecule has 0 spiro atoms. The Morgan fingerprint density at radius 3 is 3.04 bits per heavy atom. The number of aromatic nitrogens is 5. The molecule has 128 valence electrons. The van der Waals surface area contributed by atoms with Gasteiger partial charge in [0, 0.05) is 18.3 Å². The summed E-state index contributed by atoms with van der Waals surface area (Å²) in [5, 5.41) is 10.6. The Balaban J connectivity index is 1.58. The quantitative estimate of drug-likeness (QED) is 0.645. The topological polar surface area (TPSA) is 128 Å². The molecule has 9 nitrogen and oxygen atoms in total. The van der Waals surface area contributed by atoms with Crippen molar-refractivity contribution in [2.45, 2.75) is 25.9 Å². The van der Waals surface area contributed by atoms with Gasteiger partial charge in [-0.05, 0) is 32.0 Å². The SMILES string of the molecule is CC(Nc1nc(N)nc2c1CCNC2)c1nc(-c2ccccn2)no1. The molecule has 0 aliphatic carbocycles. The monoisotopic (exact) mass is 338 g/mol. The number of rotatable bonds is 4. The number of pyridine rings is 1. The van der Waals surface area contributed by atoms with Crippen molar-refractivity contribution in [3.63, 3.8) is 0 Å². The summed E-state index contributed by atoms with van der Waals surface area (Å²) in [6.07, 6.45) is 2.53. The van der Waals surface area contributed by atoms with Crippen LogP contribution in [0.2, 0.25) is 0 Å². The zero-order chi connectivity index (χ0) is 17.2. The van der Waals surface area contributed by atoms with Crippen LogP contribution in [0.15, 0.2) is 28.9 Å². The van der Waals surface area contributed by atoms with Gasteiger partial charge < -0.3 is 20.9 Å². The van der Waals surface area contributed by atoms with E-state index in [1.807, 2.05) is 25.1 Å². The Bertz CT molecular complexity index is 879. The Morgan fingerprint density at radius 1 is 1.28 bits per heavy atom. The van der Waals surface area contributed by atoms with Gasteiger partial charge in [0.25, 0.3) is 0 Å². The van der Waals surface area contributed by atoms with E-state index in [-0.39, 0.29) is 12.0 Å². The summed E-state index contributed by atoms with van der Waals surface area (Å²) >= 11 is 0. The van der Waals surface area contributed by atoms with Gasteiger partial charge in [-0.15, -0.1) is 0 Å². The second-order valence-corrected chi connectivity index (χ2v) is 5.82. The van der Waals surface area contributed by atoms with Crippen LogP contribution < -0.4 is 16.4 Å². The van der Waals surface area contributed by atoms with E-state index in [1.54, 1.807) is 6.20 Å². The van der Waals surface area contributed by atoms with Gasteiger partial charge in [0.2, 0.25) is 17.7 Å². The molecule has 4 rings (SSSR count). The average Bonchev–Trinajstić information content (AvgIpc) is 3.12. The van der Waals surface area contributed by atoms with Crippen LogP contribution in [0.3, 0.4) is 0 Å². The lowest BCUT2D eigenvalue weighted by Crippen LogP contribution is -2.27. The van der Waals surface area contributed by atoms with Crippen LogP contribution >= 0.6 is 0 Å². The van der Waals surface area contributed by atoms with E-state index in [2.05, 4.69) is 35.7 Å². The molecule has 4 heterocycles. The number of anilines is 2. The summed E-state index contributed by atoms with van der Waals surface area (Å²) in [4.78, 5) is 17.3. The molecule has 0 aromatic carbocycles. The van der Waals surface area contributed by atoms with Crippen LogP contribution in [-0.4, -0.2) is 31.6 Å². The largest absolute Gasteiger partial charge is 0.368 e. The molecule has 0 bridgehead atoms. The molecule has 0 saturated heterocycles. The molecule has 1 unspecified atom stereocenters. The van der Waals surface area contributed by atoms with E-state index in [0.717, 1.165) is 24.2 Å². The summed E-state index contributed by atoms with van der Waals surface area (Å²) in [5.74, 6) is 1.88. The zero-order valence-electron chi connectivity index (χ0n) is 13.7. The number of hydrogen-bond acceptors (Lipinski definition) is 9. The lowest BCUT2D eigenvalue weighted by Gasteiger charge is -2.21. The average molecular weight is 338 g/mol. The van der Waals surface area contributed by atoms with Crippen LogP contribution in [0.25, 0.3) is 11.5 Å². The molecule has 4 N–H and O–H groups in total. The molecular weight excluding hydrogens is 320 g/mol. The lowest BCUT2D eigenvalue weighted by molar-refractivity contribution is 0.367. The lowest BCUT2D eigenvalue weighted by atomic mass is 10.1. The zero-order valence-corrected chi connectivity index (χ0v) is 13.7. The molecular formula is C16H18N8O. The summed E-state index contributed by atoms with van der Waals surface area (Å²) in [6, 6.07) is 5.33. The van der Waals surface area contributed by atoms with Crippen molar-refractivity contribution < 1.29 is 4.52 Å². The highest BCUT2D eigenvalue weighted by Gasteiger charge is 2.21. The van der Waals surface area contributed by atoms with Crippen molar-refractivity contribution in [3.05, 3.63) is 41.5 Å². The molecule has 25 heavy (non-hydrogen) atoms. The van der Waals surface area contributed by atoms with Crippen molar-refractivity contribution in [2.24, 2.45) is 0 Å². The minimum absolute atomic E-state index is 0.224. The standard InChI is InChI=1S/C16H18N8O/c1-9(15-22-14(24-25-15)11-4-2-3-6-19-11)20-13-10-5-7-18-8-12(10)21-16(17)23-13/h2-4,6,9,18H,5,7-8H2,1H3,(H3,17,20,21,23). The van der Waals surface area contributed by atoms with E-state index >= 15 is 0 Å². The van der Waals surface area contributed by atoms with E-state index in [4.69, 9.17) is 10.3 Å². The highest BCUT2D eigenvalue weighted by molar-refractivity contribution is 5.52. The number of nitrogens with zero attached hydrogens (tertiary/aromatic N) is 5. The second kappa shape index (κ2) is 6.44. The molecule has 3 aromatic heterocycles. The van der Waals surface area contributed by atoms with Crippen LogP contribution in [0.1, 0.15) is 30.1 Å². The van der Waals surface area contributed by atoms with E-state index in [0.29, 0.717) is 29.8 Å². The maximum absolute atomic E-state index is 5.83. The van der Waals surface area contributed by atoms with Crippen molar-refractivity contribution in [2.75, 3.05) is 17.6 Å². The number of fused-ring (bicyclic) bond motifs is 1. The van der Waals surface area contributed by atoms with Gasteiger partial charge >= 0.3 is 0 Å². The van der Waals surface area contributed by atoms with Gasteiger partial charge in [-0.25, -0.2) is 4.98 Å². The van der Waals surface area contributed by atoms with E-state index < -0.39 is 0 Å². The normalized spacial score (nSPS) is 14.8. The predicted octanol–water partition coefficient (Wildman–Crippen LogP) is 1.32. The minimum Gasteiger partial charge on any atom is -0.368 e. The summed E-state index contributed by atoms with van der Waals surface area (Å²) < 4.78 is 5.38. The van der Waals surface area contributed by atoms with Crippen molar-refractivity contribution in [1.82, 2.24) is 30.4 Å².